The molecule has 0 aromatic carbocycles. The number of rotatable bonds is 13. The number of aliphatic hydroxyl groups is 2. The number of ketones is 1. The van der Waals surface area contributed by atoms with Gasteiger partial charge in [-0.3, -0.25) is 14.4 Å². The molecule has 4 atom stereocenters. The van der Waals surface area contributed by atoms with E-state index in [-0.39, 0.29) is 37.4 Å². The van der Waals surface area contributed by atoms with E-state index < -0.39 is 41.6 Å². The number of carboxylic acids is 1. The number of hydrogen-bond donors (Lipinski definition) is 6. The zero-order valence-electron chi connectivity index (χ0n) is 14.9. The first-order chi connectivity index (χ1) is 12.0. The molecule has 8 N–H and O–H groups in total. The van der Waals surface area contributed by atoms with Crippen LogP contribution in [0.2, 0.25) is 0 Å². The van der Waals surface area contributed by atoms with Crippen molar-refractivity contribution in [3.63, 3.8) is 0 Å². The quantitative estimate of drug-likeness (QED) is 0.151. The monoisotopic (exact) mass is 392 g/mol. The summed E-state index contributed by atoms with van der Waals surface area (Å²) >= 11 is 5.21. The van der Waals surface area contributed by atoms with Crippen molar-refractivity contribution in [3.05, 3.63) is 0 Å². The van der Waals surface area contributed by atoms with Gasteiger partial charge in [0.05, 0.1) is 23.6 Å². The number of nitrogens with two attached hydrogens (primary N) is 2. The van der Waals surface area contributed by atoms with Gasteiger partial charge in [0.1, 0.15) is 5.78 Å². The van der Waals surface area contributed by atoms with E-state index in [0.29, 0.717) is 0 Å². The van der Waals surface area contributed by atoms with Crippen molar-refractivity contribution in [3.8, 4) is 0 Å². The first-order valence-corrected chi connectivity index (χ1v) is 8.47. The number of Topliss-reactive ketones (excluding diaryl/α,β-unsaturated/α-hetero) is 1. The van der Waals surface area contributed by atoms with Crippen LogP contribution in [0.5, 0.6) is 0 Å². The fraction of sp³-hybridized carbons (Fsp3) is 0.733. The largest absolute Gasteiger partial charge is 0.481 e. The minimum atomic E-state index is -1.28. The van der Waals surface area contributed by atoms with Gasteiger partial charge >= 0.3 is 5.97 Å². The van der Waals surface area contributed by atoms with Gasteiger partial charge in [0.15, 0.2) is 0 Å². The number of hydrazine groups is 1. The molecule has 0 saturated carbocycles. The molecule has 0 aliphatic rings. The van der Waals surface area contributed by atoms with Crippen LogP contribution in [0.3, 0.4) is 0 Å². The summed E-state index contributed by atoms with van der Waals surface area (Å²) < 4.78 is 0. The summed E-state index contributed by atoms with van der Waals surface area (Å²) in [6.45, 7) is 1.33. The number of thiocarbonyl (C=S) groups is 1. The number of carbonyl (C=O) groups is 3. The molecule has 0 aromatic heterocycles. The van der Waals surface area contributed by atoms with Crippen molar-refractivity contribution >= 4 is 34.9 Å². The highest BCUT2D eigenvalue weighted by atomic mass is 32.1. The van der Waals surface area contributed by atoms with Crippen molar-refractivity contribution in [2.45, 2.75) is 38.3 Å². The third-order valence-electron chi connectivity index (χ3n) is 3.68. The van der Waals surface area contributed by atoms with E-state index in [9.17, 15) is 19.5 Å². The van der Waals surface area contributed by atoms with Crippen molar-refractivity contribution in [1.82, 2.24) is 10.4 Å². The number of amides is 1. The van der Waals surface area contributed by atoms with E-state index in [2.05, 4.69) is 5.43 Å². The third-order valence-corrected chi connectivity index (χ3v) is 4.11. The molecule has 0 radical (unpaired) electrons. The number of primary amides is 1. The first kappa shape index (κ1) is 24.3. The molecule has 0 fully saturated rings. The second-order valence-electron chi connectivity index (χ2n) is 6.30. The van der Waals surface area contributed by atoms with Crippen molar-refractivity contribution in [2.75, 3.05) is 20.2 Å². The summed E-state index contributed by atoms with van der Waals surface area (Å²) in [5.74, 6) is -4.34. The van der Waals surface area contributed by atoms with Crippen molar-refractivity contribution in [1.29, 1.82) is 0 Å². The number of hydrogen-bond acceptors (Lipinski definition) is 8. The Morgan fingerprint density at radius 3 is 2.23 bits per heavy atom. The van der Waals surface area contributed by atoms with Crippen LogP contribution in [0.15, 0.2) is 0 Å². The molecule has 0 saturated heterocycles. The highest BCUT2D eigenvalue weighted by molar-refractivity contribution is 7.80. The smallest absolute Gasteiger partial charge is 0.309 e. The maximum Gasteiger partial charge on any atom is 0.309 e. The van der Waals surface area contributed by atoms with Crippen LogP contribution in [0.25, 0.3) is 0 Å². The molecular weight excluding hydrogens is 364 g/mol. The van der Waals surface area contributed by atoms with Crippen LogP contribution in [-0.4, -0.2) is 75.3 Å². The Labute approximate surface area is 157 Å². The molecule has 10 nitrogen and oxygen atoms in total. The predicted molar refractivity (Wildman–Crippen MR) is 97.8 cm³/mol. The van der Waals surface area contributed by atoms with Gasteiger partial charge in [0, 0.05) is 44.8 Å². The molecule has 0 spiro atoms. The van der Waals surface area contributed by atoms with E-state index in [0.717, 1.165) is 0 Å². The van der Waals surface area contributed by atoms with Gasteiger partial charge in [0.25, 0.3) is 0 Å². The summed E-state index contributed by atoms with van der Waals surface area (Å²) in [5, 5.41) is 29.0. The highest BCUT2D eigenvalue weighted by Crippen LogP contribution is 2.17. The van der Waals surface area contributed by atoms with Crippen molar-refractivity contribution in [2.24, 2.45) is 23.3 Å². The number of aliphatic hydroxyl groups excluding tert-OH is 2. The maximum atomic E-state index is 12.2. The van der Waals surface area contributed by atoms with Crippen LogP contribution in [-0.2, 0) is 14.4 Å². The van der Waals surface area contributed by atoms with Crippen molar-refractivity contribution < 1.29 is 29.7 Å². The molecule has 26 heavy (non-hydrogen) atoms. The Morgan fingerprint density at radius 2 is 1.81 bits per heavy atom. The Kier molecular flexibility index (Phi) is 11.1. The average molecular weight is 392 g/mol. The van der Waals surface area contributed by atoms with E-state index in [4.69, 9.17) is 33.9 Å². The molecule has 0 aliphatic carbocycles. The summed E-state index contributed by atoms with van der Waals surface area (Å²) in [6.07, 6.45) is -1.95. The number of carboxylic acid groups (broad SMARTS) is 1. The predicted octanol–water partition coefficient (Wildman–Crippen LogP) is -2.01. The van der Waals surface area contributed by atoms with Crippen LogP contribution in [0.4, 0.5) is 0 Å². The Morgan fingerprint density at radius 1 is 1.23 bits per heavy atom. The third kappa shape index (κ3) is 9.73. The molecule has 0 bridgehead atoms. The summed E-state index contributed by atoms with van der Waals surface area (Å²) in [7, 11) is 1.62. The summed E-state index contributed by atoms with van der Waals surface area (Å²) in [5.41, 5.74) is 13.6. The van der Waals surface area contributed by atoms with Crippen LogP contribution in [0.1, 0.15) is 26.2 Å². The molecule has 1 unspecified atom stereocenters. The van der Waals surface area contributed by atoms with Gasteiger partial charge < -0.3 is 32.2 Å². The second-order valence-corrected chi connectivity index (χ2v) is 6.74. The van der Waals surface area contributed by atoms with Gasteiger partial charge in [0.2, 0.25) is 5.91 Å². The normalized spacial score (nSPS) is 15.8. The zero-order chi connectivity index (χ0) is 20.4. The van der Waals surface area contributed by atoms with Gasteiger partial charge in [-0.15, -0.1) is 0 Å². The Bertz CT molecular complexity index is 516. The summed E-state index contributed by atoms with van der Waals surface area (Å²) in [4.78, 5) is 34.7. The number of aliphatic carboxylic acids is 1. The lowest BCUT2D eigenvalue weighted by atomic mass is 9.91. The molecule has 1 amide bonds. The SMILES string of the molecule is CC(O)[C@H](CC(=O)C[C@@H](CC(N)=O)C(=S)NN(C)C[C@@H](N)CO)C(=O)O. The van der Waals surface area contributed by atoms with E-state index in [1.165, 1.54) is 11.9 Å². The lowest BCUT2D eigenvalue weighted by Crippen LogP contribution is -2.48. The molecule has 0 rings (SSSR count). The minimum Gasteiger partial charge on any atom is -0.481 e. The number of nitrogens with one attached hydrogen (secondary N) is 1. The molecule has 0 aliphatic heterocycles. The van der Waals surface area contributed by atoms with Gasteiger partial charge in [-0.1, -0.05) is 12.2 Å². The molecular formula is C15H28N4O6S. The van der Waals surface area contributed by atoms with Gasteiger partial charge in [-0.2, -0.15) is 0 Å². The van der Waals surface area contributed by atoms with Crippen LogP contribution in [0, 0.1) is 11.8 Å². The fourth-order valence-corrected chi connectivity index (χ4v) is 2.63. The van der Waals surface area contributed by atoms with E-state index >= 15 is 0 Å². The number of nitrogens with zero attached hydrogens (tertiary/aromatic N) is 1. The van der Waals surface area contributed by atoms with Crippen LogP contribution < -0.4 is 16.9 Å². The van der Waals surface area contributed by atoms with E-state index in [1.807, 2.05) is 0 Å². The highest BCUT2D eigenvalue weighted by Gasteiger charge is 2.29. The Balaban J connectivity index is 4.92. The molecule has 0 heterocycles. The zero-order valence-corrected chi connectivity index (χ0v) is 15.7. The number of likely N-dealkylation sites (N-methyl/N-ethyl adjacent to an activating group) is 1. The molecule has 0 aromatic rings. The van der Waals surface area contributed by atoms with Crippen LogP contribution >= 0.6 is 12.2 Å². The Hall–Kier alpha value is -1.66. The number of carbonyl (C=O) groups excluding carboxylic acids is 2. The standard InChI is InChI=1S/C15H28N4O6S/c1-8(21)12(15(24)25)5-11(22)3-9(4-13(17)23)14(26)18-19(2)6-10(16)7-20/h8-10,12,20-21H,3-7,16H2,1-2H3,(H2,17,23)(H,18,26)(H,24,25)/t8?,9-,10+,12-/m0/s1. The van der Waals surface area contributed by atoms with E-state index in [1.54, 1.807) is 7.05 Å². The first-order valence-electron chi connectivity index (χ1n) is 8.06. The van der Waals surface area contributed by atoms with Gasteiger partial charge in [-0.05, 0) is 6.92 Å². The lowest BCUT2D eigenvalue weighted by molar-refractivity contribution is -0.147. The second kappa shape index (κ2) is 11.9. The average Bonchev–Trinajstić information content (AvgIpc) is 2.50. The molecule has 11 heteroatoms. The lowest BCUT2D eigenvalue weighted by Gasteiger charge is -2.26. The maximum absolute atomic E-state index is 12.2. The fourth-order valence-electron chi connectivity index (χ4n) is 2.30. The minimum absolute atomic E-state index is 0.175. The summed E-state index contributed by atoms with van der Waals surface area (Å²) in [6, 6.07) is -0.506. The topological polar surface area (TPSA) is 179 Å². The van der Waals surface area contributed by atoms with Gasteiger partial charge in [-0.25, -0.2) is 5.01 Å². The molecule has 150 valence electrons.